The highest BCUT2D eigenvalue weighted by atomic mass is 32.2. The Kier molecular flexibility index (Phi) is 7.51. The molecule has 0 saturated carbocycles. The number of thioether (sulfide) groups is 1. The predicted molar refractivity (Wildman–Crippen MR) is 134 cm³/mol. The molecule has 178 valence electrons. The van der Waals surface area contributed by atoms with E-state index in [1.807, 2.05) is 24.1 Å². The fourth-order valence-corrected chi connectivity index (χ4v) is 6.62. The minimum atomic E-state index is -3.78. The van der Waals surface area contributed by atoms with Crippen LogP contribution in [-0.2, 0) is 22.9 Å². The summed E-state index contributed by atoms with van der Waals surface area (Å²) in [5.41, 5.74) is 4.15. The van der Waals surface area contributed by atoms with E-state index in [4.69, 9.17) is 0 Å². The summed E-state index contributed by atoms with van der Waals surface area (Å²) in [5, 5.41) is 0. The molecule has 2 aromatic rings. The fourth-order valence-electron chi connectivity index (χ4n) is 4.79. The lowest BCUT2D eigenvalue weighted by Gasteiger charge is -2.31. The van der Waals surface area contributed by atoms with Crippen molar-refractivity contribution in [3.05, 3.63) is 58.7 Å². The molecule has 1 atom stereocenters. The summed E-state index contributed by atoms with van der Waals surface area (Å²) < 4.78 is 29.3. The fraction of sp³-hybridized carbons (Fsp3) is 0.500. The standard InChI is InChI=1S/C26H34N2O3S2/c1-18-12-14-28(15-13-18)26(29)24-17-23(10-11-25(24)32-3)33(30,31)27-19(2)21-9-8-20-6-4-5-7-22(20)16-21/h8-11,16-19,27H,4-7,12-15H2,1-3H3. The number of benzene rings is 2. The number of hydrogen-bond donors (Lipinski definition) is 1. The molecule has 1 aliphatic carbocycles. The normalized spacial score (nSPS) is 18.1. The molecule has 5 nitrogen and oxygen atoms in total. The van der Waals surface area contributed by atoms with Crippen molar-refractivity contribution in [3.8, 4) is 0 Å². The molecular weight excluding hydrogens is 452 g/mol. The summed E-state index contributed by atoms with van der Waals surface area (Å²) in [4.78, 5) is 16.0. The van der Waals surface area contributed by atoms with Crippen molar-refractivity contribution >= 4 is 27.7 Å². The van der Waals surface area contributed by atoms with Crippen LogP contribution in [0.25, 0.3) is 0 Å². The summed E-state index contributed by atoms with van der Waals surface area (Å²) in [6, 6.07) is 10.9. The number of likely N-dealkylation sites (tertiary alicyclic amines) is 1. The van der Waals surface area contributed by atoms with Gasteiger partial charge in [-0.2, -0.15) is 0 Å². The van der Waals surface area contributed by atoms with Crippen molar-refractivity contribution < 1.29 is 13.2 Å². The Morgan fingerprint density at radius 2 is 1.76 bits per heavy atom. The number of sulfonamides is 1. The second-order valence-corrected chi connectivity index (χ2v) is 12.0. The molecule has 1 saturated heterocycles. The van der Waals surface area contributed by atoms with Crippen LogP contribution >= 0.6 is 11.8 Å². The van der Waals surface area contributed by atoms with Gasteiger partial charge in [-0.3, -0.25) is 4.79 Å². The summed E-state index contributed by atoms with van der Waals surface area (Å²) in [6.45, 7) is 5.52. The maximum atomic E-state index is 13.3. The minimum Gasteiger partial charge on any atom is -0.339 e. The number of amides is 1. The van der Waals surface area contributed by atoms with E-state index in [9.17, 15) is 13.2 Å². The average molecular weight is 487 g/mol. The Morgan fingerprint density at radius 1 is 1.06 bits per heavy atom. The summed E-state index contributed by atoms with van der Waals surface area (Å²) in [5.74, 6) is 0.543. The Labute approximate surface area is 202 Å². The van der Waals surface area contributed by atoms with Crippen LogP contribution < -0.4 is 4.72 Å². The van der Waals surface area contributed by atoms with Gasteiger partial charge < -0.3 is 4.90 Å². The van der Waals surface area contributed by atoms with Crippen LogP contribution in [-0.4, -0.2) is 38.6 Å². The second-order valence-electron chi connectivity index (χ2n) is 9.42. The zero-order valence-electron chi connectivity index (χ0n) is 19.8. The quantitative estimate of drug-likeness (QED) is 0.570. The first-order valence-electron chi connectivity index (χ1n) is 11.9. The van der Waals surface area contributed by atoms with Gasteiger partial charge in [0.2, 0.25) is 10.0 Å². The van der Waals surface area contributed by atoms with E-state index in [0.717, 1.165) is 49.2 Å². The zero-order chi connectivity index (χ0) is 23.6. The zero-order valence-corrected chi connectivity index (χ0v) is 21.4. The molecule has 33 heavy (non-hydrogen) atoms. The Bertz CT molecular complexity index is 1120. The molecular formula is C26H34N2O3S2. The van der Waals surface area contributed by atoms with Crippen molar-refractivity contribution in [3.63, 3.8) is 0 Å². The van der Waals surface area contributed by atoms with Crippen molar-refractivity contribution in [2.75, 3.05) is 19.3 Å². The monoisotopic (exact) mass is 486 g/mol. The van der Waals surface area contributed by atoms with Gasteiger partial charge in [0.25, 0.3) is 5.91 Å². The maximum absolute atomic E-state index is 13.3. The number of aryl methyl sites for hydroxylation is 2. The number of carbonyl (C=O) groups excluding carboxylic acids is 1. The van der Waals surface area contributed by atoms with E-state index in [2.05, 4.69) is 23.8 Å². The number of fused-ring (bicyclic) bond motifs is 1. The first-order valence-corrected chi connectivity index (χ1v) is 14.6. The number of piperidine rings is 1. The lowest BCUT2D eigenvalue weighted by Crippen LogP contribution is -2.38. The van der Waals surface area contributed by atoms with Crippen molar-refractivity contribution in [2.24, 2.45) is 5.92 Å². The van der Waals surface area contributed by atoms with Crippen molar-refractivity contribution in [1.82, 2.24) is 9.62 Å². The van der Waals surface area contributed by atoms with Crippen LogP contribution in [0.3, 0.4) is 0 Å². The third-order valence-electron chi connectivity index (χ3n) is 6.99. The molecule has 2 aromatic carbocycles. The van der Waals surface area contributed by atoms with E-state index in [1.54, 1.807) is 18.2 Å². The number of hydrogen-bond acceptors (Lipinski definition) is 4. The summed E-state index contributed by atoms with van der Waals surface area (Å²) >= 11 is 1.47. The molecule has 0 aromatic heterocycles. The van der Waals surface area contributed by atoms with Crippen LogP contribution in [0.15, 0.2) is 46.2 Å². The largest absolute Gasteiger partial charge is 0.339 e. The van der Waals surface area contributed by atoms with Gasteiger partial charge in [-0.15, -0.1) is 11.8 Å². The third kappa shape index (κ3) is 5.47. The van der Waals surface area contributed by atoms with E-state index >= 15 is 0 Å². The molecule has 1 aliphatic heterocycles. The van der Waals surface area contributed by atoms with Crippen LogP contribution in [0.2, 0.25) is 0 Å². The lowest BCUT2D eigenvalue weighted by molar-refractivity contribution is 0.0693. The smallest absolute Gasteiger partial charge is 0.255 e. The van der Waals surface area contributed by atoms with Crippen molar-refractivity contribution in [2.45, 2.75) is 68.2 Å². The van der Waals surface area contributed by atoms with Crippen LogP contribution in [0.4, 0.5) is 0 Å². The Hall–Kier alpha value is -1.83. The number of carbonyl (C=O) groups is 1. The summed E-state index contributed by atoms with van der Waals surface area (Å²) in [7, 11) is -3.78. The summed E-state index contributed by atoms with van der Waals surface area (Å²) in [6.07, 6.45) is 8.44. The van der Waals surface area contributed by atoms with E-state index in [1.165, 1.54) is 35.7 Å². The molecule has 0 bridgehead atoms. The third-order valence-corrected chi connectivity index (χ3v) is 9.32. The average Bonchev–Trinajstić information content (AvgIpc) is 2.83. The van der Waals surface area contributed by atoms with E-state index in [-0.39, 0.29) is 16.8 Å². The van der Waals surface area contributed by atoms with Crippen LogP contribution in [0.5, 0.6) is 0 Å². The second kappa shape index (κ2) is 10.2. The Morgan fingerprint density at radius 3 is 2.45 bits per heavy atom. The Balaban J connectivity index is 1.56. The van der Waals surface area contributed by atoms with Crippen molar-refractivity contribution in [1.29, 1.82) is 0 Å². The number of nitrogens with one attached hydrogen (secondary N) is 1. The minimum absolute atomic E-state index is 0.0777. The highest BCUT2D eigenvalue weighted by Crippen LogP contribution is 2.29. The maximum Gasteiger partial charge on any atom is 0.255 e. The highest BCUT2D eigenvalue weighted by molar-refractivity contribution is 7.98. The molecule has 1 unspecified atom stereocenters. The molecule has 1 N–H and O–H groups in total. The topological polar surface area (TPSA) is 66.5 Å². The first kappa shape index (κ1) is 24.3. The van der Waals surface area contributed by atoms with Gasteiger partial charge in [-0.25, -0.2) is 13.1 Å². The van der Waals surface area contributed by atoms with E-state index in [0.29, 0.717) is 11.5 Å². The predicted octanol–water partition coefficient (Wildman–Crippen LogP) is 5.20. The number of rotatable bonds is 6. The molecule has 4 rings (SSSR count). The van der Waals surface area contributed by atoms with Gasteiger partial charge in [0, 0.05) is 24.0 Å². The van der Waals surface area contributed by atoms with Gasteiger partial charge in [-0.05, 0) is 92.5 Å². The van der Waals surface area contributed by atoms with Gasteiger partial charge >= 0.3 is 0 Å². The molecule has 2 aliphatic rings. The van der Waals surface area contributed by atoms with Gasteiger partial charge in [0.1, 0.15) is 0 Å². The molecule has 1 fully saturated rings. The number of nitrogens with zero attached hydrogens (tertiary/aromatic N) is 1. The lowest BCUT2D eigenvalue weighted by atomic mass is 9.89. The van der Waals surface area contributed by atoms with E-state index < -0.39 is 10.0 Å². The van der Waals surface area contributed by atoms with Crippen LogP contribution in [0, 0.1) is 5.92 Å². The molecule has 7 heteroatoms. The SMILES string of the molecule is CSc1ccc(S(=O)(=O)NC(C)c2ccc3c(c2)CCCC3)cc1C(=O)N1CCC(C)CC1. The van der Waals surface area contributed by atoms with Crippen LogP contribution in [0.1, 0.15) is 72.6 Å². The first-order chi connectivity index (χ1) is 15.8. The molecule has 1 heterocycles. The van der Waals surface area contributed by atoms with Gasteiger partial charge in [0.15, 0.2) is 0 Å². The molecule has 0 spiro atoms. The molecule has 1 amide bonds. The van der Waals surface area contributed by atoms with Gasteiger partial charge in [-0.1, -0.05) is 25.1 Å². The molecule has 0 radical (unpaired) electrons. The highest BCUT2D eigenvalue weighted by Gasteiger charge is 2.26. The van der Waals surface area contributed by atoms with Gasteiger partial charge in [0.05, 0.1) is 10.5 Å².